The molecular weight excluding hydrogens is 358 g/mol. The Kier molecular flexibility index (Phi) is 5.03. The van der Waals surface area contributed by atoms with Crippen LogP contribution >= 0.6 is 11.8 Å². The second-order valence-electron chi connectivity index (χ2n) is 6.11. The van der Waals surface area contributed by atoms with Gasteiger partial charge in [-0.3, -0.25) is 9.69 Å². The molecule has 1 aliphatic heterocycles. The Labute approximate surface area is 162 Å². The first-order valence-electron chi connectivity index (χ1n) is 8.65. The molecule has 1 fully saturated rings. The monoisotopic (exact) mass is 377 g/mol. The molecule has 1 saturated heterocycles. The van der Waals surface area contributed by atoms with E-state index in [1.165, 1.54) is 0 Å². The summed E-state index contributed by atoms with van der Waals surface area (Å²) >= 11 is 1.62. The van der Waals surface area contributed by atoms with Crippen molar-refractivity contribution in [2.24, 2.45) is 0 Å². The van der Waals surface area contributed by atoms with Gasteiger partial charge in [0.2, 0.25) is 5.91 Å². The fraction of sp³-hybridized carbons (Fsp3) is 0.136. The van der Waals surface area contributed by atoms with Crippen LogP contribution in [-0.2, 0) is 4.79 Å². The molecule has 0 radical (unpaired) electrons. The van der Waals surface area contributed by atoms with E-state index in [-0.39, 0.29) is 11.3 Å². The van der Waals surface area contributed by atoms with Crippen molar-refractivity contribution in [2.45, 2.75) is 5.37 Å². The van der Waals surface area contributed by atoms with E-state index >= 15 is 0 Å². The first-order valence-corrected chi connectivity index (χ1v) is 9.70. The molecule has 1 heterocycles. The fourth-order valence-electron chi connectivity index (χ4n) is 3.04. The third-order valence-corrected chi connectivity index (χ3v) is 5.55. The van der Waals surface area contributed by atoms with Gasteiger partial charge in [0, 0.05) is 5.69 Å². The van der Waals surface area contributed by atoms with Gasteiger partial charge in [-0.05, 0) is 54.1 Å². The summed E-state index contributed by atoms with van der Waals surface area (Å²) in [6.45, 7) is 0. The minimum absolute atomic E-state index is 0.0616. The van der Waals surface area contributed by atoms with Gasteiger partial charge in [0.1, 0.15) is 22.6 Å². The van der Waals surface area contributed by atoms with Gasteiger partial charge in [-0.15, -0.1) is 11.8 Å². The SMILES string of the molecule is COc1cccc([C@@H]2SCC(=O)N2c2ccc(Oc3ccccc3)cc2)c1. The molecule has 0 aromatic heterocycles. The number of thioether (sulfide) groups is 1. The molecule has 3 aromatic carbocycles. The topological polar surface area (TPSA) is 38.8 Å². The summed E-state index contributed by atoms with van der Waals surface area (Å²) in [5.41, 5.74) is 1.91. The highest BCUT2D eigenvalue weighted by Crippen LogP contribution is 2.42. The fourth-order valence-corrected chi connectivity index (χ4v) is 4.21. The molecular formula is C22H19NO3S. The smallest absolute Gasteiger partial charge is 0.238 e. The van der Waals surface area contributed by atoms with Gasteiger partial charge >= 0.3 is 0 Å². The molecule has 0 bridgehead atoms. The van der Waals surface area contributed by atoms with Crippen molar-refractivity contribution in [1.29, 1.82) is 0 Å². The van der Waals surface area contributed by atoms with Crippen LogP contribution in [0.15, 0.2) is 78.9 Å². The minimum Gasteiger partial charge on any atom is -0.497 e. The van der Waals surface area contributed by atoms with Crippen LogP contribution in [0.4, 0.5) is 5.69 Å². The third-order valence-electron chi connectivity index (χ3n) is 4.34. The van der Waals surface area contributed by atoms with Crippen molar-refractivity contribution in [3.8, 4) is 17.2 Å². The van der Waals surface area contributed by atoms with Crippen molar-refractivity contribution >= 4 is 23.4 Å². The second-order valence-corrected chi connectivity index (χ2v) is 7.18. The highest BCUT2D eigenvalue weighted by molar-refractivity contribution is 8.00. The van der Waals surface area contributed by atoms with E-state index < -0.39 is 0 Å². The number of rotatable bonds is 5. The second kappa shape index (κ2) is 7.76. The Morgan fingerprint density at radius 1 is 0.889 bits per heavy atom. The molecule has 1 aliphatic rings. The van der Waals surface area contributed by atoms with Crippen LogP contribution in [0.3, 0.4) is 0 Å². The molecule has 5 heteroatoms. The van der Waals surface area contributed by atoms with Crippen molar-refractivity contribution in [3.05, 3.63) is 84.4 Å². The lowest BCUT2D eigenvalue weighted by Crippen LogP contribution is -2.27. The highest BCUT2D eigenvalue weighted by Gasteiger charge is 2.34. The first kappa shape index (κ1) is 17.5. The predicted molar refractivity (Wildman–Crippen MR) is 109 cm³/mol. The van der Waals surface area contributed by atoms with E-state index in [0.717, 1.165) is 28.5 Å². The van der Waals surface area contributed by atoms with E-state index in [1.807, 2.05) is 83.8 Å². The summed E-state index contributed by atoms with van der Waals surface area (Å²) in [5.74, 6) is 2.88. The summed E-state index contributed by atoms with van der Waals surface area (Å²) in [5, 5.41) is -0.0616. The molecule has 136 valence electrons. The number of methoxy groups -OCH3 is 1. The number of carbonyl (C=O) groups excluding carboxylic acids is 1. The van der Waals surface area contributed by atoms with Crippen molar-refractivity contribution in [3.63, 3.8) is 0 Å². The summed E-state index contributed by atoms with van der Waals surface area (Å²) in [6.07, 6.45) is 0. The number of benzene rings is 3. The molecule has 4 rings (SSSR count). The maximum absolute atomic E-state index is 12.5. The van der Waals surface area contributed by atoms with Gasteiger partial charge in [0.05, 0.1) is 12.9 Å². The quantitative estimate of drug-likeness (QED) is 0.607. The highest BCUT2D eigenvalue weighted by atomic mass is 32.2. The summed E-state index contributed by atoms with van der Waals surface area (Å²) in [6, 6.07) is 25.1. The molecule has 27 heavy (non-hydrogen) atoms. The summed E-state index contributed by atoms with van der Waals surface area (Å²) in [7, 11) is 1.65. The van der Waals surface area contributed by atoms with Gasteiger partial charge in [-0.25, -0.2) is 0 Å². The molecule has 0 unspecified atom stereocenters. The van der Waals surface area contributed by atoms with Crippen LogP contribution in [0, 0.1) is 0 Å². The average molecular weight is 377 g/mol. The lowest BCUT2D eigenvalue weighted by Gasteiger charge is -2.24. The average Bonchev–Trinajstić information content (AvgIpc) is 3.11. The Morgan fingerprint density at radius 3 is 2.33 bits per heavy atom. The van der Waals surface area contributed by atoms with Gasteiger partial charge in [0.15, 0.2) is 0 Å². The van der Waals surface area contributed by atoms with Gasteiger partial charge in [-0.2, -0.15) is 0 Å². The van der Waals surface area contributed by atoms with E-state index in [2.05, 4.69) is 0 Å². The van der Waals surface area contributed by atoms with Crippen LogP contribution in [-0.4, -0.2) is 18.8 Å². The Bertz CT molecular complexity index is 928. The number of ether oxygens (including phenoxy) is 2. The standard InChI is InChI=1S/C22H19NO3S/c1-25-20-9-5-6-16(14-20)22-23(21(24)15-27-22)17-10-12-19(13-11-17)26-18-7-3-2-4-8-18/h2-14,22H,15H2,1H3/t22-/m0/s1. The molecule has 0 spiro atoms. The van der Waals surface area contributed by atoms with Gasteiger partial charge in [0.25, 0.3) is 0 Å². The molecule has 0 N–H and O–H groups in total. The molecule has 3 aromatic rings. The Balaban J connectivity index is 1.57. The number of hydrogen-bond acceptors (Lipinski definition) is 4. The normalized spacial score (nSPS) is 16.4. The van der Waals surface area contributed by atoms with Crippen LogP contribution in [0.1, 0.15) is 10.9 Å². The van der Waals surface area contributed by atoms with Crippen LogP contribution in [0.2, 0.25) is 0 Å². The molecule has 0 aliphatic carbocycles. The van der Waals surface area contributed by atoms with E-state index in [4.69, 9.17) is 9.47 Å². The lowest BCUT2D eigenvalue weighted by atomic mass is 10.1. The largest absolute Gasteiger partial charge is 0.497 e. The zero-order chi connectivity index (χ0) is 18.6. The van der Waals surface area contributed by atoms with Crippen LogP contribution in [0.5, 0.6) is 17.2 Å². The number of para-hydroxylation sites is 1. The van der Waals surface area contributed by atoms with Gasteiger partial charge in [-0.1, -0.05) is 30.3 Å². The number of nitrogens with zero attached hydrogens (tertiary/aromatic N) is 1. The number of carbonyl (C=O) groups is 1. The maximum Gasteiger partial charge on any atom is 0.238 e. The first-order chi connectivity index (χ1) is 13.2. The summed E-state index contributed by atoms with van der Waals surface area (Å²) in [4.78, 5) is 14.4. The van der Waals surface area contributed by atoms with Gasteiger partial charge < -0.3 is 9.47 Å². The molecule has 1 amide bonds. The summed E-state index contributed by atoms with van der Waals surface area (Å²) < 4.78 is 11.2. The zero-order valence-electron chi connectivity index (χ0n) is 14.9. The van der Waals surface area contributed by atoms with E-state index in [0.29, 0.717) is 5.75 Å². The minimum atomic E-state index is -0.0616. The molecule has 4 nitrogen and oxygen atoms in total. The third kappa shape index (κ3) is 3.78. The molecule has 1 atom stereocenters. The number of anilines is 1. The lowest BCUT2D eigenvalue weighted by molar-refractivity contribution is -0.115. The number of hydrogen-bond donors (Lipinski definition) is 0. The Morgan fingerprint density at radius 2 is 1.59 bits per heavy atom. The maximum atomic E-state index is 12.5. The Hall–Kier alpha value is -2.92. The number of amides is 1. The van der Waals surface area contributed by atoms with Crippen molar-refractivity contribution in [1.82, 2.24) is 0 Å². The zero-order valence-corrected chi connectivity index (χ0v) is 15.7. The van der Waals surface area contributed by atoms with Crippen molar-refractivity contribution < 1.29 is 14.3 Å². The van der Waals surface area contributed by atoms with E-state index in [9.17, 15) is 4.79 Å². The van der Waals surface area contributed by atoms with Crippen LogP contribution in [0.25, 0.3) is 0 Å². The van der Waals surface area contributed by atoms with Crippen molar-refractivity contribution in [2.75, 3.05) is 17.8 Å². The van der Waals surface area contributed by atoms with Crippen LogP contribution < -0.4 is 14.4 Å². The predicted octanol–water partition coefficient (Wildman–Crippen LogP) is 5.27. The molecule has 0 saturated carbocycles. The van der Waals surface area contributed by atoms with E-state index in [1.54, 1.807) is 18.9 Å².